The van der Waals surface area contributed by atoms with E-state index in [1.54, 1.807) is 6.92 Å². The molecule has 0 saturated heterocycles. The molecule has 0 aliphatic rings. The molecule has 0 fully saturated rings. The van der Waals surface area contributed by atoms with Gasteiger partial charge in [-0.15, -0.1) is 0 Å². The third-order valence-electron chi connectivity index (χ3n) is 4.58. The monoisotopic (exact) mass is 402 g/mol. The molecule has 0 spiro atoms. The van der Waals surface area contributed by atoms with E-state index in [9.17, 15) is 22.4 Å². The third-order valence-corrected chi connectivity index (χ3v) is 4.58. The van der Waals surface area contributed by atoms with Crippen LogP contribution in [0.15, 0.2) is 54.9 Å². The van der Waals surface area contributed by atoms with E-state index in [2.05, 4.69) is 10.3 Å². The molecule has 1 aromatic heterocycles. The largest absolute Gasteiger partial charge is 0.324 e. The summed E-state index contributed by atoms with van der Waals surface area (Å²) in [5.74, 6) is -3.79. The molecule has 29 heavy (non-hydrogen) atoms. The fraction of sp³-hybridized carbons (Fsp3) is 0.182. The number of anilines is 1. The quantitative estimate of drug-likeness (QED) is 0.564. The number of rotatable bonds is 6. The molecule has 0 unspecified atom stereocenters. The minimum Gasteiger partial charge on any atom is -0.324 e. The lowest BCUT2D eigenvalue weighted by atomic mass is 9.88. The lowest BCUT2D eigenvalue weighted by Crippen LogP contribution is -2.18. The van der Waals surface area contributed by atoms with E-state index >= 15 is 0 Å². The molecule has 3 nitrogen and oxygen atoms in total. The molecule has 0 aliphatic carbocycles. The number of amides is 1. The molecule has 0 bridgehead atoms. The van der Waals surface area contributed by atoms with Crippen molar-refractivity contribution in [1.29, 1.82) is 0 Å². The molecule has 3 aromatic rings. The highest BCUT2D eigenvalue weighted by atomic mass is 19.1. The summed E-state index contributed by atoms with van der Waals surface area (Å²) in [5, 5.41) is 2.61. The zero-order valence-electron chi connectivity index (χ0n) is 15.6. The van der Waals surface area contributed by atoms with Crippen molar-refractivity contribution >= 4 is 11.6 Å². The molecule has 150 valence electrons. The molecule has 2 aromatic carbocycles. The second-order valence-electron chi connectivity index (χ2n) is 6.56. The normalized spacial score (nSPS) is 11.9. The Morgan fingerprint density at radius 1 is 0.931 bits per heavy atom. The first-order valence-electron chi connectivity index (χ1n) is 9.01. The van der Waals surface area contributed by atoms with Crippen molar-refractivity contribution in [3.05, 3.63) is 94.8 Å². The van der Waals surface area contributed by atoms with Gasteiger partial charge in [0.15, 0.2) is 0 Å². The summed E-state index contributed by atoms with van der Waals surface area (Å²) in [6, 6.07) is 8.33. The maximum Gasteiger partial charge on any atom is 0.225 e. The van der Waals surface area contributed by atoms with Crippen molar-refractivity contribution in [3.8, 4) is 0 Å². The first-order chi connectivity index (χ1) is 13.9. The molecular weight excluding hydrogens is 384 g/mol. The van der Waals surface area contributed by atoms with Crippen molar-refractivity contribution in [3.63, 3.8) is 0 Å². The van der Waals surface area contributed by atoms with Gasteiger partial charge in [0, 0.05) is 24.0 Å². The topological polar surface area (TPSA) is 42.0 Å². The number of halogens is 4. The van der Waals surface area contributed by atoms with Gasteiger partial charge in [-0.2, -0.15) is 0 Å². The van der Waals surface area contributed by atoms with Gasteiger partial charge in [0.25, 0.3) is 0 Å². The van der Waals surface area contributed by atoms with Crippen molar-refractivity contribution in [2.24, 2.45) is 0 Å². The molecule has 1 amide bonds. The SMILES string of the molecule is CCc1c(F)cncc1NC(=O)C[C@@H](c1ccc(F)cc1)c1cc(F)cc(F)c1. The van der Waals surface area contributed by atoms with Crippen LogP contribution in [-0.2, 0) is 11.2 Å². The standard InChI is InChI=1S/C22H18F4N2O/c1-2-18-20(26)11-27-12-21(18)28-22(29)10-19(13-3-5-15(23)6-4-13)14-7-16(24)9-17(25)8-14/h3-9,11-12,19H,2,10H2,1H3,(H,28,29)/t19-/m0/s1. The van der Waals surface area contributed by atoms with Crippen molar-refractivity contribution in [1.82, 2.24) is 4.98 Å². The summed E-state index contributed by atoms with van der Waals surface area (Å²) in [7, 11) is 0. The van der Waals surface area contributed by atoms with Gasteiger partial charge < -0.3 is 5.32 Å². The second-order valence-corrected chi connectivity index (χ2v) is 6.56. The number of carbonyl (C=O) groups is 1. The van der Waals surface area contributed by atoms with Crippen LogP contribution >= 0.6 is 0 Å². The number of nitrogens with one attached hydrogen (secondary N) is 1. The van der Waals surface area contributed by atoms with Gasteiger partial charge >= 0.3 is 0 Å². The van der Waals surface area contributed by atoms with Crippen LogP contribution in [0.25, 0.3) is 0 Å². The Kier molecular flexibility index (Phi) is 6.26. The fourth-order valence-electron chi connectivity index (χ4n) is 3.21. The van der Waals surface area contributed by atoms with E-state index in [4.69, 9.17) is 0 Å². The summed E-state index contributed by atoms with van der Waals surface area (Å²) < 4.78 is 54.7. The Balaban J connectivity index is 1.92. The van der Waals surface area contributed by atoms with Crippen LogP contribution in [0.5, 0.6) is 0 Å². The highest BCUT2D eigenvalue weighted by molar-refractivity contribution is 5.92. The smallest absolute Gasteiger partial charge is 0.225 e. The van der Waals surface area contributed by atoms with Crippen LogP contribution in [0.3, 0.4) is 0 Å². The first kappa shape index (κ1) is 20.5. The number of benzene rings is 2. The average molecular weight is 402 g/mol. The van der Waals surface area contributed by atoms with Gasteiger partial charge in [-0.3, -0.25) is 9.78 Å². The summed E-state index contributed by atoms with van der Waals surface area (Å²) in [4.78, 5) is 16.4. The highest BCUT2D eigenvalue weighted by Gasteiger charge is 2.21. The molecule has 1 heterocycles. The Bertz CT molecular complexity index is 1000. The summed E-state index contributed by atoms with van der Waals surface area (Å²) in [6.45, 7) is 1.74. The van der Waals surface area contributed by atoms with Gasteiger partial charge in [-0.25, -0.2) is 17.6 Å². The number of hydrogen-bond donors (Lipinski definition) is 1. The van der Waals surface area contributed by atoms with E-state index < -0.39 is 35.1 Å². The second kappa shape index (κ2) is 8.86. The molecule has 1 N–H and O–H groups in total. The van der Waals surface area contributed by atoms with Gasteiger partial charge in [0.05, 0.1) is 18.1 Å². The van der Waals surface area contributed by atoms with Gasteiger partial charge in [-0.05, 0) is 41.8 Å². The molecule has 0 radical (unpaired) electrons. The van der Waals surface area contributed by atoms with Crippen LogP contribution < -0.4 is 5.32 Å². The summed E-state index contributed by atoms with van der Waals surface area (Å²) >= 11 is 0. The zero-order chi connectivity index (χ0) is 21.0. The van der Waals surface area contributed by atoms with E-state index in [1.165, 1.54) is 30.5 Å². The van der Waals surface area contributed by atoms with E-state index in [-0.39, 0.29) is 17.7 Å². The highest BCUT2D eigenvalue weighted by Crippen LogP contribution is 2.30. The van der Waals surface area contributed by atoms with Crippen LogP contribution in [0.1, 0.15) is 36.0 Å². The predicted molar refractivity (Wildman–Crippen MR) is 101 cm³/mol. The number of pyridine rings is 1. The number of aromatic nitrogens is 1. The van der Waals surface area contributed by atoms with Crippen LogP contribution in [0.4, 0.5) is 23.2 Å². The van der Waals surface area contributed by atoms with Gasteiger partial charge in [0.1, 0.15) is 23.3 Å². The minimum absolute atomic E-state index is 0.186. The maximum absolute atomic E-state index is 13.9. The van der Waals surface area contributed by atoms with Crippen molar-refractivity contribution < 1.29 is 22.4 Å². The lowest BCUT2D eigenvalue weighted by Gasteiger charge is -2.19. The van der Waals surface area contributed by atoms with E-state index in [0.717, 1.165) is 24.4 Å². The predicted octanol–water partition coefficient (Wildman–Crippen LogP) is 5.36. The molecule has 3 rings (SSSR count). The fourth-order valence-corrected chi connectivity index (χ4v) is 3.21. The number of carbonyl (C=O) groups excluding carboxylic acids is 1. The Hall–Kier alpha value is -3.22. The molecule has 1 atom stereocenters. The van der Waals surface area contributed by atoms with Crippen molar-refractivity contribution in [2.75, 3.05) is 5.32 Å². The zero-order valence-corrected chi connectivity index (χ0v) is 15.6. The van der Waals surface area contributed by atoms with E-state index in [0.29, 0.717) is 17.5 Å². The molecular formula is C22H18F4N2O. The van der Waals surface area contributed by atoms with E-state index in [1.807, 2.05) is 0 Å². The summed E-state index contributed by atoms with van der Waals surface area (Å²) in [5.41, 5.74) is 1.29. The number of hydrogen-bond acceptors (Lipinski definition) is 2. The van der Waals surface area contributed by atoms with Crippen LogP contribution in [-0.4, -0.2) is 10.9 Å². The van der Waals surface area contributed by atoms with Crippen LogP contribution in [0, 0.1) is 23.3 Å². The molecule has 7 heteroatoms. The lowest BCUT2D eigenvalue weighted by molar-refractivity contribution is -0.116. The summed E-state index contributed by atoms with van der Waals surface area (Å²) in [6.07, 6.45) is 2.56. The number of nitrogens with zero attached hydrogens (tertiary/aromatic N) is 1. The minimum atomic E-state index is -0.782. The van der Waals surface area contributed by atoms with Crippen LogP contribution in [0.2, 0.25) is 0 Å². The Morgan fingerprint density at radius 2 is 1.59 bits per heavy atom. The maximum atomic E-state index is 13.9. The van der Waals surface area contributed by atoms with Gasteiger partial charge in [-0.1, -0.05) is 19.1 Å². The molecule has 0 aliphatic heterocycles. The third kappa shape index (κ3) is 4.99. The average Bonchev–Trinajstić information content (AvgIpc) is 2.66. The van der Waals surface area contributed by atoms with Crippen molar-refractivity contribution in [2.45, 2.75) is 25.7 Å². The molecule has 0 saturated carbocycles. The Morgan fingerprint density at radius 3 is 2.21 bits per heavy atom. The van der Waals surface area contributed by atoms with Gasteiger partial charge in [0.2, 0.25) is 5.91 Å². The first-order valence-corrected chi connectivity index (χ1v) is 9.01. The Labute approximate surface area is 165 Å².